The van der Waals surface area contributed by atoms with Crippen LogP contribution in [0.2, 0.25) is 0 Å². The summed E-state index contributed by atoms with van der Waals surface area (Å²) in [6.45, 7) is 0. The lowest BCUT2D eigenvalue weighted by Crippen LogP contribution is -2.27. The molecule has 0 bridgehead atoms. The largest absolute Gasteiger partial charge is 0.495 e. The number of methoxy groups -OCH3 is 1. The monoisotopic (exact) mass is 373 g/mol. The maximum absolute atomic E-state index is 14.0. The van der Waals surface area contributed by atoms with Gasteiger partial charge in [-0.2, -0.15) is 0 Å². The van der Waals surface area contributed by atoms with E-state index in [0.717, 1.165) is 4.31 Å². The van der Waals surface area contributed by atoms with Gasteiger partial charge >= 0.3 is 0 Å². The van der Waals surface area contributed by atoms with Crippen LogP contribution in [0.25, 0.3) is 0 Å². The average molecular weight is 374 g/mol. The Morgan fingerprint density at radius 1 is 1.19 bits per heavy atom. The predicted molar refractivity (Wildman–Crippen MR) is 82.7 cm³/mol. The molecule has 0 atom stereocenters. The first kappa shape index (κ1) is 15.8. The van der Waals surface area contributed by atoms with Gasteiger partial charge in [0.05, 0.1) is 12.8 Å². The molecule has 112 valence electrons. The van der Waals surface area contributed by atoms with Gasteiger partial charge in [0.15, 0.2) is 0 Å². The summed E-state index contributed by atoms with van der Waals surface area (Å²) in [5.41, 5.74) is -0.0379. The highest BCUT2D eigenvalue weighted by Crippen LogP contribution is 2.30. The number of halogens is 2. The number of sulfonamides is 1. The highest BCUT2D eigenvalue weighted by atomic mass is 79.9. The molecule has 21 heavy (non-hydrogen) atoms. The first-order chi connectivity index (χ1) is 9.87. The quantitative estimate of drug-likeness (QED) is 0.824. The first-order valence-electron chi connectivity index (χ1n) is 5.95. The maximum Gasteiger partial charge on any atom is 0.267 e. The topological polar surface area (TPSA) is 46.6 Å². The molecule has 0 aliphatic rings. The molecule has 0 heterocycles. The van der Waals surface area contributed by atoms with Gasteiger partial charge in [0.25, 0.3) is 10.0 Å². The normalized spacial score (nSPS) is 11.2. The fourth-order valence-electron chi connectivity index (χ4n) is 1.85. The smallest absolute Gasteiger partial charge is 0.267 e. The van der Waals surface area contributed by atoms with Crippen LogP contribution >= 0.6 is 15.9 Å². The van der Waals surface area contributed by atoms with Gasteiger partial charge in [-0.3, -0.25) is 4.31 Å². The minimum atomic E-state index is -3.92. The van der Waals surface area contributed by atoms with Gasteiger partial charge < -0.3 is 4.74 Å². The van der Waals surface area contributed by atoms with Crippen LogP contribution in [0.15, 0.2) is 51.8 Å². The summed E-state index contributed by atoms with van der Waals surface area (Å²) in [7, 11) is -1.23. The minimum Gasteiger partial charge on any atom is -0.495 e. The molecular weight excluding hydrogens is 361 g/mol. The van der Waals surface area contributed by atoms with Crippen LogP contribution in [0.5, 0.6) is 5.75 Å². The van der Waals surface area contributed by atoms with Crippen molar-refractivity contribution in [2.75, 3.05) is 18.5 Å². The lowest BCUT2D eigenvalue weighted by atomic mass is 10.3. The highest BCUT2D eigenvalue weighted by Gasteiger charge is 2.26. The van der Waals surface area contributed by atoms with E-state index in [4.69, 9.17) is 4.74 Å². The van der Waals surface area contributed by atoms with Crippen molar-refractivity contribution in [1.82, 2.24) is 0 Å². The van der Waals surface area contributed by atoms with Gasteiger partial charge in [-0.25, -0.2) is 12.8 Å². The van der Waals surface area contributed by atoms with Crippen molar-refractivity contribution in [3.05, 3.63) is 52.8 Å². The molecule has 0 unspecified atom stereocenters. The number of anilines is 1. The molecule has 2 aromatic carbocycles. The number of ether oxygens (including phenoxy) is 1. The van der Waals surface area contributed by atoms with Gasteiger partial charge in [0.1, 0.15) is 16.5 Å². The van der Waals surface area contributed by atoms with Crippen LogP contribution in [0.4, 0.5) is 10.1 Å². The summed E-state index contributed by atoms with van der Waals surface area (Å²) in [5.74, 6) is -0.424. The van der Waals surface area contributed by atoms with Crippen LogP contribution < -0.4 is 9.04 Å². The fourth-order valence-corrected chi connectivity index (χ4v) is 3.54. The Hall–Kier alpha value is -1.60. The summed E-state index contributed by atoms with van der Waals surface area (Å²) in [6, 6.07) is 10.4. The zero-order valence-corrected chi connectivity index (χ0v) is 13.8. The van der Waals surface area contributed by atoms with Gasteiger partial charge in [-0.05, 0) is 30.3 Å². The molecule has 0 spiro atoms. The maximum atomic E-state index is 14.0. The Balaban J connectivity index is 2.53. The van der Waals surface area contributed by atoms with Crippen LogP contribution in [0.3, 0.4) is 0 Å². The van der Waals surface area contributed by atoms with E-state index >= 15 is 0 Å². The fraction of sp³-hybridized carbons (Fsp3) is 0.143. The zero-order chi connectivity index (χ0) is 15.6. The minimum absolute atomic E-state index is 0.0164. The SMILES string of the molecule is COc1ccccc1S(=O)(=O)N(C)c1ccc(Br)cc1F. The molecule has 0 aliphatic heterocycles. The van der Waals surface area contributed by atoms with Crippen molar-refractivity contribution in [1.29, 1.82) is 0 Å². The van der Waals surface area contributed by atoms with Crippen molar-refractivity contribution in [2.45, 2.75) is 4.90 Å². The molecule has 2 rings (SSSR count). The van der Waals surface area contributed by atoms with E-state index < -0.39 is 15.8 Å². The third kappa shape index (κ3) is 3.03. The molecule has 0 radical (unpaired) electrons. The van der Waals surface area contributed by atoms with Gasteiger partial charge in [0, 0.05) is 11.5 Å². The molecule has 7 heteroatoms. The standard InChI is InChI=1S/C14H13BrFNO3S/c1-17(12-8-7-10(15)9-11(12)16)21(18,19)14-6-4-3-5-13(14)20-2/h3-9H,1-2H3. The molecule has 0 aliphatic carbocycles. The Bertz CT molecular complexity index is 765. The molecule has 2 aromatic rings. The molecule has 0 saturated heterocycles. The van der Waals surface area contributed by atoms with E-state index in [-0.39, 0.29) is 16.3 Å². The van der Waals surface area contributed by atoms with Crippen molar-refractivity contribution in [3.63, 3.8) is 0 Å². The summed E-state index contributed by atoms with van der Waals surface area (Å²) in [6.07, 6.45) is 0. The number of benzene rings is 2. The molecule has 0 N–H and O–H groups in total. The second-order valence-electron chi connectivity index (χ2n) is 4.22. The predicted octanol–water partition coefficient (Wildman–Crippen LogP) is 3.42. The van der Waals surface area contributed by atoms with E-state index in [9.17, 15) is 12.8 Å². The number of nitrogens with zero attached hydrogens (tertiary/aromatic N) is 1. The van der Waals surface area contributed by atoms with Gasteiger partial charge in [-0.15, -0.1) is 0 Å². The second kappa shape index (κ2) is 6.03. The van der Waals surface area contributed by atoms with Gasteiger partial charge in [0.2, 0.25) is 0 Å². The van der Waals surface area contributed by atoms with Crippen LogP contribution in [0.1, 0.15) is 0 Å². The first-order valence-corrected chi connectivity index (χ1v) is 8.18. The molecule has 0 aromatic heterocycles. The van der Waals surface area contributed by atoms with Crippen molar-refractivity contribution >= 4 is 31.6 Å². The molecule has 0 amide bonds. The van der Waals surface area contributed by atoms with Gasteiger partial charge in [-0.1, -0.05) is 28.1 Å². The average Bonchev–Trinajstić information content (AvgIpc) is 2.46. The number of rotatable bonds is 4. The lowest BCUT2D eigenvalue weighted by molar-refractivity contribution is 0.402. The summed E-state index contributed by atoms with van der Waals surface area (Å²) in [5, 5.41) is 0. The highest BCUT2D eigenvalue weighted by molar-refractivity contribution is 9.10. The third-order valence-corrected chi connectivity index (χ3v) is 5.26. The Labute approximate surface area is 131 Å². The Morgan fingerprint density at radius 2 is 1.86 bits per heavy atom. The molecule has 0 saturated carbocycles. The van der Waals surface area contributed by atoms with Crippen LogP contribution in [-0.4, -0.2) is 22.6 Å². The lowest BCUT2D eigenvalue weighted by Gasteiger charge is -2.21. The van der Waals surface area contributed by atoms with Crippen molar-refractivity contribution < 1.29 is 17.5 Å². The molecular formula is C14H13BrFNO3S. The van der Waals surface area contributed by atoms with Crippen LogP contribution in [0, 0.1) is 5.82 Å². The van der Waals surface area contributed by atoms with E-state index in [1.807, 2.05) is 0 Å². The van der Waals surface area contributed by atoms with E-state index in [1.165, 1.54) is 32.4 Å². The van der Waals surface area contributed by atoms with E-state index in [2.05, 4.69) is 15.9 Å². The summed E-state index contributed by atoms with van der Waals surface area (Å²) in [4.78, 5) is -0.0164. The van der Waals surface area contributed by atoms with E-state index in [1.54, 1.807) is 24.3 Å². The number of para-hydroxylation sites is 1. The third-order valence-electron chi connectivity index (χ3n) is 2.96. The second-order valence-corrected chi connectivity index (χ2v) is 7.07. The zero-order valence-electron chi connectivity index (χ0n) is 11.4. The number of hydrogen-bond acceptors (Lipinski definition) is 3. The Morgan fingerprint density at radius 3 is 2.48 bits per heavy atom. The summed E-state index contributed by atoms with van der Waals surface area (Å²) >= 11 is 3.14. The van der Waals surface area contributed by atoms with E-state index in [0.29, 0.717) is 4.47 Å². The van der Waals surface area contributed by atoms with Crippen molar-refractivity contribution in [2.24, 2.45) is 0 Å². The molecule has 0 fully saturated rings. The Kier molecular flexibility index (Phi) is 4.53. The summed E-state index contributed by atoms with van der Waals surface area (Å²) < 4.78 is 45.7. The number of hydrogen-bond donors (Lipinski definition) is 0. The molecule has 4 nitrogen and oxygen atoms in total. The van der Waals surface area contributed by atoms with Crippen molar-refractivity contribution in [3.8, 4) is 5.75 Å². The van der Waals surface area contributed by atoms with Crippen LogP contribution in [-0.2, 0) is 10.0 Å².